The van der Waals surface area contributed by atoms with E-state index in [-0.39, 0.29) is 5.84 Å². The fraction of sp³-hybridized carbons (Fsp3) is 0.267. The second-order valence-electron chi connectivity index (χ2n) is 4.64. The van der Waals surface area contributed by atoms with Gasteiger partial charge >= 0.3 is 0 Å². The van der Waals surface area contributed by atoms with Crippen molar-refractivity contribution < 1.29 is 0 Å². The van der Waals surface area contributed by atoms with Crippen LogP contribution in [-0.4, -0.2) is 22.9 Å². The zero-order valence-electron chi connectivity index (χ0n) is 11.8. The molecule has 1 aromatic carbocycles. The highest BCUT2D eigenvalue weighted by Crippen LogP contribution is 2.22. The number of nitrogen functional groups attached to an aromatic ring is 1. The van der Waals surface area contributed by atoms with Crippen molar-refractivity contribution in [3.05, 3.63) is 47.9 Å². The van der Waals surface area contributed by atoms with E-state index < -0.39 is 0 Å². The lowest BCUT2D eigenvalue weighted by Gasteiger charge is -2.19. The van der Waals surface area contributed by atoms with Gasteiger partial charge in [0.25, 0.3) is 0 Å². The molecule has 0 fully saturated rings. The van der Waals surface area contributed by atoms with Crippen molar-refractivity contribution in [1.29, 1.82) is 5.41 Å². The predicted octanol–water partition coefficient (Wildman–Crippen LogP) is 2.48. The Balaban J connectivity index is 2.30. The number of nitrogens with zero attached hydrogens (tertiary/aromatic N) is 3. The van der Waals surface area contributed by atoms with Crippen LogP contribution in [0.3, 0.4) is 0 Å². The van der Waals surface area contributed by atoms with Crippen LogP contribution in [0.5, 0.6) is 0 Å². The van der Waals surface area contributed by atoms with Crippen molar-refractivity contribution in [3.63, 3.8) is 0 Å². The first-order valence-electron chi connectivity index (χ1n) is 6.61. The molecule has 0 unspecified atom stereocenters. The second-order valence-corrected chi connectivity index (χ2v) is 4.64. The highest BCUT2D eigenvalue weighted by Gasteiger charge is 2.08. The van der Waals surface area contributed by atoms with Crippen molar-refractivity contribution in [3.8, 4) is 0 Å². The molecule has 0 saturated carbocycles. The number of benzene rings is 1. The number of aryl methyl sites for hydroxylation is 1. The molecule has 5 heteroatoms. The van der Waals surface area contributed by atoms with Gasteiger partial charge < -0.3 is 10.6 Å². The van der Waals surface area contributed by atoms with E-state index in [0.717, 1.165) is 30.0 Å². The molecular weight excluding hydrogens is 250 g/mol. The maximum atomic E-state index is 7.50. The third-order valence-electron chi connectivity index (χ3n) is 3.10. The van der Waals surface area contributed by atoms with Gasteiger partial charge in [0, 0.05) is 30.1 Å². The zero-order valence-corrected chi connectivity index (χ0v) is 11.8. The number of nitrogens with two attached hydrogens (primary N) is 1. The van der Waals surface area contributed by atoms with E-state index in [1.54, 1.807) is 6.33 Å². The van der Waals surface area contributed by atoms with Gasteiger partial charge in [0.1, 0.15) is 18.0 Å². The Morgan fingerprint density at radius 3 is 2.80 bits per heavy atom. The van der Waals surface area contributed by atoms with Gasteiger partial charge in [-0.1, -0.05) is 25.5 Å². The molecule has 2 rings (SSSR count). The first-order chi connectivity index (χ1) is 9.61. The lowest BCUT2D eigenvalue weighted by molar-refractivity contribution is 0.869. The van der Waals surface area contributed by atoms with Crippen molar-refractivity contribution in [2.24, 2.45) is 5.73 Å². The number of rotatable bonds is 5. The molecule has 2 aromatic rings. The van der Waals surface area contributed by atoms with Crippen LogP contribution in [0.1, 0.15) is 24.6 Å². The van der Waals surface area contributed by atoms with Crippen LogP contribution in [0.2, 0.25) is 0 Å². The second kappa shape index (κ2) is 6.14. The summed E-state index contributed by atoms with van der Waals surface area (Å²) in [7, 11) is 1.94. The van der Waals surface area contributed by atoms with Gasteiger partial charge in [-0.15, -0.1) is 0 Å². The number of anilines is 2. The van der Waals surface area contributed by atoms with E-state index in [4.69, 9.17) is 11.1 Å². The van der Waals surface area contributed by atoms with Gasteiger partial charge in [-0.25, -0.2) is 9.97 Å². The Bertz CT molecular complexity index is 609. The van der Waals surface area contributed by atoms with Crippen molar-refractivity contribution in [2.45, 2.75) is 19.8 Å². The van der Waals surface area contributed by atoms with Crippen LogP contribution in [0.4, 0.5) is 11.5 Å². The van der Waals surface area contributed by atoms with Crippen LogP contribution in [-0.2, 0) is 6.42 Å². The average Bonchev–Trinajstić information content (AvgIpc) is 2.47. The van der Waals surface area contributed by atoms with Crippen LogP contribution in [0, 0.1) is 5.41 Å². The molecule has 1 aromatic heterocycles. The van der Waals surface area contributed by atoms with Gasteiger partial charge in [0.05, 0.1) is 0 Å². The van der Waals surface area contributed by atoms with E-state index in [0.29, 0.717) is 5.56 Å². The summed E-state index contributed by atoms with van der Waals surface area (Å²) < 4.78 is 0. The summed E-state index contributed by atoms with van der Waals surface area (Å²) in [5.41, 5.74) is 8.21. The van der Waals surface area contributed by atoms with Crippen molar-refractivity contribution in [1.82, 2.24) is 9.97 Å². The summed E-state index contributed by atoms with van der Waals surface area (Å²) >= 11 is 0. The Morgan fingerprint density at radius 1 is 1.30 bits per heavy atom. The van der Waals surface area contributed by atoms with Crippen molar-refractivity contribution >= 4 is 17.3 Å². The summed E-state index contributed by atoms with van der Waals surface area (Å²) in [5, 5.41) is 7.50. The maximum absolute atomic E-state index is 7.50. The highest BCUT2D eigenvalue weighted by atomic mass is 15.2. The molecule has 0 atom stereocenters. The molecule has 0 spiro atoms. The Labute approximate surface area is 119 Å². The minimum absolute atomic E-state index is 0.0645. The topological polar surface area (TPSA) is 78.9 Å². The van der Waals surface area contributed by atoms with Crippen LogP contribution in [0.25, 0.3) is 0 Å². The van der Waals surface area contributed by atoms with Crippen LogP contribution in [0.15, 0.2) is 36.7 Å². The number of hydrogen-bond donors (Lipinski definition) is 2. The molecule has 3 N–H and O–H groups in total. The third kappa shape index (κ3) is 3.12. The van der Waals surface area contributed by atoms with E-state index >= 15 is 0 Å². The van der Waals surface area contributed by atoms with Gasteiger partial charge in [0.2, 0.25) is 0 Å². The number of aromatic nitrogens is 2. The predicted molar refractivity (Wildman–Crippen MR) is 81.5 cm³/mol. The number of nitrogens with one attached hydrogen (secondary N) is 1. The zero-order chi connectivity index (χ0) is 14.5. The fourth-order valence-corrected chi connectivity index (χ4v) is 1.98. The summed E-state index contributed by atoms with van der Waals surface area (Å²) in [5.74, 6) is 0.902. The lowest BCUT2D eigenvalue weighted by Crippen LogP contribution is -2.15. The molecule has 20 heavy (non-hydrogen) atoms. The van der Waals surface area contributed by atoms with Gasteiger partial charge in [-0.2, -0.15) is 0 Å². The molecule has 1 heterocycles. The maximum Gasteiger partial charge on any atom is 0.136 e. The Kier molecular flexibility index (Phi) is 4.30. The lowest BCUT2D eigenvalue weighted by atomic mass is 10.1. The highest BCUT2D eigenvalue weighted by molar-refractivity contribution is 5.96. The fourth-order valence-electron chi connectivity index (χ4n) is 1.98. The van der Waals surface area contributed by atoms with Gasteiger partial charge in [0.15, 0.2) is 0 Å². The minimum atomic E-state index is 0.0645. The molecule has 5 nitrogen and oxygen atoms in total. The average molecular weight is 269 g/mol. The molecule has 0 aliphatic heterocycles. The Hall–Kier alpha value is -2.43. The monoisotopic (exact) mass is 269 g/mol. The van der Waals surface area contributed by atoms with E-state index in [2.05, 4.69) is 16.9 Å². The molecule has 0 bridgehead atoms. The summed E-state index contributed by atoms with van der Waals surface area (Å²) in [6, 6.07) is 9.54. The SMILES string of the molecule is CCCc1cc(N(C)c2cccc(C(=N)N)c2)ncn1. The first kappa shape index (κ1) is 14.0. The molecular formula is C15H19N5. The quantitative estimate of drug-likeness (QED) is 0.645. The first-order valence-corrected chi connectivity index (χ1v) is 6.61. The van der Waals surface area contributed by atoms with Crippen molar-refractivity contribution in [2.75, 3.05) is 11.9 Å². The van der Waals surface area contributed by atoms with Gasteiger partial charge in [-0.05, 0) is 18.6 Å². The number of amidine groups is 1. The van der Waals surface area contributed by atoms with Gasteiger partial charge in [-0.3, -0.25) is 5.41 Å². The van der Waals surface area contributed by atoms with Crippen LogP contribution >= 0.6 is 0 Å². The van der Waals surface area contributed by atoms with E-state index in [1.165, 1.54) is 0 Å². The van der Waals surface area contributed by atoms with Crippen LogP contribution < -0.4 is 10.6 Å². The molecule has 0 aliphatic carbocycles. The summed E-state index contributed by atoms with van der Waals surface area (Å²) in [6.45, 7) is 2.13. The molecule has 0 amide bonds. The smallest absolute Gasteiger partial charge is 0.136 e. The molecule has 0 saturated heterocycles. The number of hydrogen-bond acceptors (Lipinski definition) is 4. The minimum Gasteiger partial charge on any atom is -0.384 e. The van der Waals surface area contributed by atoms with E-state index in [9.17, 15) is 0 Å². The largest absolute Gasteiger partial charge is 0.384 e. The summed E-state index contributed by atoms with van der Waals surface area (Å²) in [4.78, 5) is 10.5. The normalized spacial score (nSPS) is 10.3. The standard InChI is InChI=1S/C15H19N5/c1-3-5-12-9-14(19-10-18-12)20(2)13-7-4-6-11(8-13)15(16)17/h4,6-10H,3,5H2,1-2H3,(H3,16,17). The van der Waals surface area contributed by atoms with E-state index in [1.807, 2.05) is 42.3 Å². The molecule has 0 aliphatic rings. The third-order valence-corrected chi connectivity index (χ3v) is 3.10. The molecule has 104 valence electrons. The Morgan fingerprint density at radius 2 is 2.10 bits per heavy atom. The summed E-state index contributed by atoms with van der Waals surface area (Å²) in [6.07, 6.45) is 3.59. The molecule has 0 radical (unpaired) electrons.